The Labute approximate surface area is 139 Å². The van der Waals surface area contributed by atoms with E-state index in [0.717, 1.165) is 17.0 Å². The lowest BCUT2D eigenvalue weighted by atomic mass is 10.1. The molecule has 7 nitrogen and oxygen atoms in total. The Morgan fingerprint density at radius 1 is 1.38 bits per heavy atom. The maximum atomic E-state index is 12.9. The minimum atomic E-state index is -0.171. The van der Waals surface area contributed by atoms with Crippen LogP contribution >= 0.6 is 0 Å². The van der Waals surface area contributed by atoms with Crippen LogP contribution in [0.1, 0.15) is 34.2 Å². The molecule has 3 heterocycles. The number of rotatable bonds is 3. The molecule has 126 valence electrons. The molecule has 0 spiro atoms. The number of amides is 1. The standard InChI is InChI=1S/C17H20N4O3/c1-4-24-16-13(6-5-11(2)18-16)17(23)21-8-7-14-12(10-21)9-15(22)20(3)19-14/h5-6,9H,4,7-8,10H2,1-3H3. The van der Waals surface area contributed by atoms with Crippen LogP contribution in [0.25, 0.3) is 0 Å². The van der Waals surface area contributed by atoms with Gasteiger partial charge >= 0.3 is 0 Å². The van der Waals surface area contributed by atoms with Crippen molar-refractivity contribution in [1.82, 2.24) is 19.7 Å². The monoisotopic (exact) mass is 328 g/mol. The first-order valence-electron chi connectivity index (χ1n) is 7.95. The Balaban J connectivity index is 1.89. The van der Waals surface area contributed by atoms with Gasteiger partial charge in [-0.1, -0.05) is 0 Å². The van der Waals surface area contributed by atoms with E-state index < -0.39 is 0 Å². The van der Waals surface area contributed by atoms with Crippen molar-refractivity contribution in [3.8, 4) is 5.88 Å². The molecule has 3 rings (SSSR count). The van der Waals surface area contributed by atoms with Gasteiger partial charge in [0.1, 0.15) is 5.56 Å². The fraction of sp³-hybridized carbons (Fsp3) is 0.412. The van der Waals surface area contributed by atoms with Crippen LogP contribution in [0, 0.1) is 6.92 Å². The summed E-state index contributed by atoms with van der Waals surface area (Å²) in [4.78, 5) is 30.7. The van der Waals surface area contributed by atoms with E-state index in [-0.39, 0.29) is 11.5 Å². The van der Waals surface area contributed by atoms with Crippen LogP contribution in [0.3, 0.4) is 0 Å². The van der Waals surface area contributed by atoms with Crippen LogP contribution in [-0.4, -0.2) is 38.7 Å². The number of carbonyl (C=O) groups is 1. The number of nitrogens with zero attached hydrogens (tertiary/aromatic N) is 4. The molecule has 0 bridgehead atoms. The predicted molar refractivity (Wildman–Crippen MR) is 88.1 cm³/mol. The zero-order valence-electron chi connectivity index (χ0n) is 14.1. The first-order valence-corrected chi connectivity index (χ1v) is 7.95. The summed E-state index contributed by atoms with van der Waals surface area (Å²) in [6, 6.07) is 5.09. The van der Waals surface area contributed by atoms with Crippen molar-refractivity contribution in [2.24, 2.45) is 7.05 Å². The van der Waals surface area contributed by atoms with E-state index >= 15 is 0 Å². The second kappa shape index (κ2) is 6.43. The topological polar surface area (TPSA) is 77.3 Å². The van der Waals surface area contributed by atoms with Gasteiger partial charge in [-0.2, -0.15) is 5.10 Å². The van der Waals surface area contributed by atoms with E-state index in [1.165, 1.54) is 4.68 Å². The first-order chi connectivity index (χ1) is 11.5. The average Bonchev–Trinajstić information content (AvgIpc) is 2.55. The maximum Gasteiger partial charge on any atom is 0.266 e. The molecule has 0 fully saturated rings. The highest BCUT2D eigenvalue weighted by Crippen LogP contribution is 2.22. The highest BCUT2D eigenvalue weighted by Gasteiger charge is 2.26. The maximum absolute atomic E-state index is 12.9. The third-order valence-corrected chi connectivity index (χ3v) is 4.04. The van der Waals surface area contributed by atoms with Gasteiger partial charge in [-0.25, -0.2) is 9.67 Å². The number of pyridine rings is 1. The molecule has 0 saturated heterocycles. The number of fused-ring (bicyclic) bond motifs is 1. The summed E-state index contributed by atoms with van der Waals surface area (Å²) < 4.78 is 6.84. The van der Waals surface area contributed by atoms with Gasteiger partial charge in [-0.3, -0.25) is 9.59 Å². The van der Waals surface area contributed by atoms with Crippen molar-refractivity contribution in [1.29, 1.82) is 0 Å². The minimum absolute atomic E-state index is 0.141. The van der Waals surface area contributed by atoms with Crippen molar-refractivity contribution in [2.45, 2.75) is 26.8 Å². The summed E-state index contributed by atoms with van der Waals surface area (Å²) in [5, 5.41) is 4.27. The third-order valence-electron chi connectivity index (χ3n) is 4.04. The molecule has 1 aliphatic rings. The summed E-state index contributed by atoms with van der Waals surface area (Å²) in [5.74, 6) is 0.215. The number of ether oxygens (including phenoxy) is 1. The second-order valence-corrected chi connectivity index (χ2v) is 5.79. The molecule has 0 N–H and O–H groups in total. The molecule has 1 aliphatic heterocycles. The number of hydrogen-bond acceptors (Lipinski definition) is 5. The molecule has 1 amide bonds. The molecule has 0 aliphatic carbocycles. The molecule has 2 aromatic heterocycles. The molecule has 2 aromatic rings. The van der Waals surface area contributed by atoms with Gasteiger partial charge in [0.2, 0.25) is 5.88 Å². The van der Waals surface area contributed by atoms with E-state index in [0.29, 0.717) is 37.6 Å². The lowest BCUT2D eigenvalue weighted by molar-refractivity contribution is 0.0727. The van der Waals surface area contributed by atoms with Crippen LogP contribution in [0.15, 0.2) is 23.0 Å². The van der Waals surface area contributed by atoms with Crippen molar-refractivity contribution in [3.63, 3.8) is 0 Å². The fourth-order valence-electron chi connectivity index (χ4n) is 2.78. The zero-order chi connectivity index (χ0) is 17.3. The second-order valence-electron chi connectivity index (χ2n) is 5.79. The summed E-state index contributed by atoms with van der Waals surface area (Å²) in [6.07, 6.45) is 0.623. The zero-order valence-corrected chi connectivity index (χ0v) is 14.1. The summed E-state index contributed by atoms with van der Waals surface area (Å²) >= 11 is 0. The Bertz CT molecular complexity index is 844. The van der Waals surface area contributed by atoms with E-state index in [2.05, 4.69) is 10.1 Å². The lowest BCUT2D eigenvalue weighted by Crippen LogP contribution is -2.38. The van der Waals surface area contributed by atoms with Gasteiger partial charge in [0.05, 0.1) is 12.3 Å². The van der Waals surface area contributed by atoms with Crippen molar-refractivity contribution in [2.75, 3.05) is 13.2 Å². The summed E-state index contributed by atoms with van der Waals surface area (Å²) in [7, 11) is 1.63. The Morgan fingerprint density at radius 2 is 2.17 bits per heavy atom. The van der Waals surface area contributed by atoms with Gasteiger partial charge in [-0.15, -0.1) is 0 Å². The Hall–Kier alpha value is -2.70. The molecule has 0 aromatic carbocycles. The molecular weight excluding hydrogens is 308 g/mol. The number of hydrogen-bond donors (Lipinski definition) is 0. The highest BCUT2D eigenvalue weighted by atomic mass is 16.5. The van der Waals surface area contributed by atoms with Crippen LogP contribution in [0.5, 0.6) is 5.88 Å². The number of carbonyl (C=O) groups excluding carboxylic acids is 1. The SMILES string of the molecule is CCOc1nc(C)ccc1C(=O)N1CCc2nn(C)c(=O)cc2C1. The Kier molecular flexibility index (Phi) is 4.33. The number of aryl methyl sites for hydroxylation is 2. The molecular formula is C17H20N4O3. The minimum Gasteiger partial charge on any atom is -0.477 e. The smallest absolute Gasteiger partial charge is 0.266 e. The van der Waals surface area contributed by atoms with E-state index in [4.69, 9.17) is 4.74 Å². The Morgan fingerprint density at radius 3 is 2.92 bits per heavy atom. The van der Waals surface area contributed by atoms with Crippen molar-refractivity contribution >= 4 is 5.91 Å². The molecule has 7 heteroatoms. The lowest BCUT2D eigenvalue weighted by Gasteiger charge is -2.28. The van der Waals surface area contributed by atoms with Crippen LogP contribution in [0.4, 0.5) is 0 Å². The molecule has 24 heavy (non-hydrogen) atoms. The fourth-order valence-corrected chi connectivity index (χ4v) is 2.78. The predicted octanol–water partition coefficient (Wildman–Crippen LogP) is 1.08. The van der Waals surface area contributed by atoms with Gasteiger partial charge in [0.15, 0.2) is 0 Å². The molecule has 0 radical (unpaired) electrons. The van der Waals surface area contributed by atoms with Crippen LogP contribution < -0.4 is 10.3 Å². The molecule has 0 unspecified atom stereocenters. The quantitative estimate of drug-likeness (QED) is 0.842. The molecule has 0 saturated carbocycles. The van der Waals surface area contributed by atoms with Crippen LogP contribution in [-0.2, 0) is 20.0 Å². The van der Waals surface area contributed by atoms with Crippen LogP contribution in [0.2, 0.25) is 0 Å². The highest BCUT2D eigenvalue weighted by molar-refractivity contribution is 5.96. The first kappa shape index (κ1) is 16.2. The van der Waals surface area contributed by atoms with E-state index in [1.807, 2.05) is 13.8 Å². The summed E-state index contributed by atoms with van der Waals surface area (Å²) in [6.45, 7) is 5.08. The largest absolute Gasteiger partial charge is 0.477 e. The molecule has 0 atom stereocenters. The third kappa shape index (κ3) is 3.02. The van der Waals surface area contributed by atoms with E-state index in [1.54, 1.807) is 30.1 Å². The van der Waals surface area contributed by atoms with E-state index in [9.17, 15) is 9.59 Å². The van der Waals surface area contributed by atoms with Crippen molar-refractivity contribution < 1.29 is 9.53 Å². The average molecular weight is 328 g/mol. The normalized spacial score (nSPS) is 13.5. The van der Waals surface area contributed by atoms with Gasteiger partial charge in [-0.05, 0) is 26.0 Å². The number of aromatic nitrogens is 3. The van der Waals surface area contributed by atoms with Crippen molar-refractivity contribution in [3.05, 3.63) is 51.1 Å². The summed E-state index contributed by atoms with van der Waals surface area (Å²) in [5.41, 5.74) is 2.74. The van der Waals surface area contributed by atoms with Gasteiger partial charge in [0, 0.05) is 43.9 Å². The van der Waals surface area contributed by atoms with Gasteiger partial charge < -0.3 is 9.64 Å². The van der Waals surface area contributed by atoms with Gasteiger partial charge in [0.25, 0.3) is 11.5 Å².